The Bertz CT molecular complexity index is 882. The fourth-order valence-corrected chi connectivity index (χ4v) is 4.56. The second kappa shape index (κ2) is 15.9. The van der Waals surface area contributed by atoms with Crippen molar-refractivity contribution in [3.8, 4) is 0 Å². The summed E-state index contributed by atoms with van der Waals surface area (Å²) >= 11 is 1.61. The molecule has 2 N–H and O–H groups in total. The van der Waals surface area contributed by atoms with Gasteiger partial charge in [-0.25, -0.2) is 4.79 Å². The number of aryl methyl sites for hydroxylation is 2. The molecule has 0 aliphatic heterocycles. The first-order valence-corrected chi connectivity index (χ1v) is 14.9. The van der Waals surface area contributed by atoms with Gasteiger partial charge < -0.3 is 20.3 Å². The number of alkyl carbamates (subject to hydrolysis) is 1. The number of benzene rings is 1. The third kappa shape index (κ3) is 11.8. The average Bonchev–Trinajstić information content (AvgIpc) is 2.78. The monoisotopic (exact) mass is 535 g/mol. The van der Waals surface area contributed by atoms with E-state index in [1.165, 1.54) is 0 Å². The van der Waals surface area contributed by atoms with Gasteiger partial charge in [0.2, 0.25) is 11.8 Å². The van der Waals surface area contributed by atoms with Crippen LogP contribution >= 0.6 is 11.8 Å². The summed E-state index contributed by atoms with van der Waals surface area (Å²) in [6.07, 6.45) is 5.63. The van der Waals surface area contributed by atoms with Gasteiger partial charge in [-0.05, 0) is 84.4 Å². The summed E-state index contributed by atoms with van der Waals surface area (Å²) in [6.45, 7) is 15.7. The number of rotatable bonds is 14. The highest BCUT2D eigenvalue weighted by molar-refractivity contribution is 7.98. The van der Waals surface area contributed by atoms with Crippen molar-refractivity contribution in [1.29, 1.82) is 0 Å². The van der Waals surface area contributed by atoms with Gasteiger partial charge in [0, 0.05) is 12.6 Å². The van der Waals surface area contributed by atoms with Crippen molar-refractivity contribution in [3.05, 3.63) is 34.9 Å². The van der Waals surface area contributed by atoms with Gasteiger partial charge in [0.05, 0.1) is 0 Å². The van der Waals surface area contributed by atoms with E-state index in [4.69, 9.17) is 4.74 Å². The van der Waals surface area contributed by atoms with E-state index in [-0.39, 0.29) is 17.9 Å². The zero-order chi connectivity index (χ0) is 28.2. The van der Waals surface area contributed by atoms with Crippen LogP contribution in [0.15, 0.2) is 18.2 Å². The number of unbranched alkanes of at least 4 members (excludes halogenated alkanes) is 3. The topological polar surface area (TPSA) is 87.7 Å². The summed E-state index contributed by atoms with van der Waals surface area (Å²) in [5.74, 6) is 0.206. The summed E-state index contributed by atoms with van der Waals surface area (Å²) in [6, 6.07) is 4.31. The molecule has 0 spiro atoms. The third-order valence-corrected chi connectivity index (χ3v) is 6.50. The lowest BCUT2D eigenvalue weighted by Crippen LogP contribution is -2.54. The van der Waals surface area contributed by atoms with Gasteiger partial charge in [-0.1, -0.05) is 49.9 Å². The summed E-state index contributed by atoms with van der Waals surface area (Å²) < 4.78 is 5.46. The Hall–Kier alpha value is -2.22. The summed E-state index contributed by atoms with van der Waals surface area (Å²) in [4.78, 5) is 42.2. The Kier molecular flexibility index (Phi) is 14.1. The van der Waals surface area contributed by atoms with Crippen molar-refractivity contribution in [2.75, 3.05) is 18.6 Å². The van der Waals surface area contributed by atoms with Crippen LogP contribution in [0.2, 0.25) is 0 Å². The quantitative estimate of drug-likeness (QED) is 0.289. The van der Waals surface area contributed by atoms with Gasteiger partial charge in [-0.15, -0.1) is 0 Å². The molecule has 0 aliphatic carbocycles. The smallest absolute Gasteiger partial charge is 0.408 e. The van der Waals surface area contributed by atoms with E-state index in [0.29, 0.717) is 18.7 Å². The van der Waals surface area contributed by atoms with Gasteiger partial charge in [-0.3, -0.25) is 9.59 Å². The first-order valence-electron chi connectivity index (χ1n) is 13.5. The maximum Gasteiger partial charge on any atom is 0.408 e. The van der Waals surface area contributed by atoms with Crippen LogP contribution in [0.3, 0.4) is 0 Å². The minimum Gasteiger partial charge on any atom is -0.444 e. The van der Waals surface area contributed by atoms with Crippen molar-refractivity contribution in [2.45, 2.75) is 111 Å². The fraction of sp³-hybridized carbons (Fsp3) is 0.690. The molecule has 0 bridgehead atoms. The van der Waals surface area contributed by atoms with E-state index in [1.54, 1.807) is 37.4 Å². The number of nitrogens with zero attached hydrogens (tertiary/aromatic N) is 1. The highest BCUT2D eigenvalue weighted by atomic mass is 32.2. The Labute approximate surface area is 228 Å². The third-order valence-electron chi connectivity index (χ3n) is 5.86. The fourth-order valence-electron chi connectivity index (χ4n) is 4.09. The lowest BCUT2D eigenvalue weighted by atomic mass is 9.95. The first-order chi connectivity index (χ1) is 17.3. The van der Waals surface area contributed by atoms with Gasteiger partial charge in [0.15, 0.2) is 0 Å². The van der Waals surface area contributed by atoms with Crippen LogP contribution in [-0.2, 0) is 14.3 Å². The number of nitrogens with one attached hydrogen (secondary N) is 2. The molecule has 0 aliphatic rings. The maximum atomic E-state index is 14.2. The molecule has 1 aromatic rings. The predicted octanol–water partition coefficient (Wildman–Crippen LogP) is 5.92. The van der Waals surface area contributed by atoms with Crippen molar-refractivity contribution in [2.24, 2.45) is 0 Å². The van der Waals surface area contributed by atoms with Gasteiger partial charge in [0.25, 0.3) is 0 Å². The molecule has 0 heterocycles. The average molecular weight is 536 g/mol. The molecule has 210 valence electrons. The molecule has 2 unspecified atom stereocenters. The van der Waals surface area contributed by atoms with Crippen LogP contribution in [0, 0.1) is 13.8 Å². The Balaban J connectivity index is 3.52. The predicted molar refractivity (Wildman–Crippen MR) is 154 cm³/mol. The highest BCUT2D eigenvalue weighted by Gasteiger charge is 2.36. The van der Waals surface area contributed by atoms with Gasteiger partial charge in [0.1, 0.15) is 17.7 Å². The van der Waals surface area contributed by atoms with Crippen LogP contribution in [0.1, 0.15) is 96.4 Å². The van der Waals surface area contributed by atoms with E-state index in [1.807, 2.05) is 52.1 Å². The Morgan fingerprint density at radius 3 is 2.30 bits per heavy atom. The summed E-state index contributed by atoms with van der Waals surface area (Å²) in [7, 11) is 0. The van der Waals surface area contributed by atoms with Crippen LogP contribution < -0.4 is 10.6 Å². The molecule has 1 aromatic carbocycles. The molecule has 2 atom stereocenters. The van der Waals surface area contributed by atoms with Crippen LogP contribution in [0.5, 0.6) is 0 Å². The van der Waals surface area contributed by atoms with Crippen molar-refractivity contribution in [3.63, 3.8) is 0 Å². The van der Waals surface area contributed by atoms with Gasteiger partial charge in [-0.2, -0.15) is 11.8 Å². The number of carbonyl (C=O) groups is 3. The van der Waals surface area contributed by atoms with E-state index < -0.39 is 23.8 Å². The summed E-state index contributed by atoms with van der Waals surface area (Å²) in [5, 5.41) is 5.83. The van der Waals surface area contributed by atoms with Crippen molar-refractivity contribution in [1.82, 2.24) is 15.5 Å². The molecule has 7 nitrogen and oxygen atoms in total. The minimum atomic E-state index is -0.798. The standard InChI is InChI=1S/C29H49N3O4S/c1-10-11-12-13-17-32(27(34)24(16-18-37-9)31-28(35)36-29(6,7)8)25(26(33)30-20(2)3)23-19-21(4)14-15-22(23)5/h14-15,19-20,24-25H,10-13,16-18H2,1-9H3,(H,30,33)(H,31,35). The van der Waals surface area contributed by atoms with Crippen LogP contribution in [-0.4, -0.2) is 59.0 Å². The van der Waals surface area contributed by atoms with E-state index >= 15 is 0 Å². The summed E-state index contributed by atoms with van der Waals surface area (Å²) in [5.41, 5.74) is 2.09. The SMILES string of the molecule is CCCCCCN(C(=O)C(CCSC)NC(=O)OC(C)(C)C)C(C(=O)NC(C)C)c1cc(C)ccc1C. The number of carbonyl (C=O) groups excluding carboxylic acids is 3. The number of amides is 3. The van der Waals surface area contributed by atoms with Crippen molar-refractivity contribution >= 4 is 29.7 Å². The normalized spacial score (nSPS) is 13.1. The molecule has 1 rings (SSSR count). The minimum absolute atomic E-state index is 0.0793. The van der Waals surface area contributed by atoms with E-state index in [9.17, 15) is 14.4 Å². The molecule has 0 radical (unpaired) electrons. The molecule has 8 heteroatoms. The molecule has 3 amide bonds. The van der Waals surface area contributed by atoms with E-state index in [2.05, 4.69) is 17.6 Å². The van der Waals surface area contributed by atoms with Crippen LogP contribution in [0.25, 0.3) is 0 Å². The molecule has 37 heavy (non-hydrogen) atoms. The second-order valence-corrected chi connectivity index (χ2v) is 12.0. The number of ether oxygens (including phenoxy) is 1. The molecule has 0 fully saturated rings. The second-order valence-electron chi connectivity index (χ2n) is 11.0. The van der Waals surface area contributed by atoms with Crippen molar-refractivity contribution < 1.29 is 19.1 Å². The maximum absolute atomic E-state index is 14.2. The zero-order valence-corrected chi connectivity index (χ0v) is 25.2. The Morgan fingerprint density at radius 2 is 1.73 bits per heavy atom. The largest absolute Gasteiger partial charge is 0.444 e. The molecular weight excluding hydrogens is 486 g/mol. The van der Waals surface area contributed by atoms with Crippen LogP contribution in [0.4, 0.5) is 4.79 Å². The zero-order valence-electron chi connectivity index (χ0n) is 24.4. The first kappa shape index (κ1) is 32.8. The number of hydrogen-bond acceptors (Lipinski definition) is 5. The molecule has 0 saturated carbocycles. The number of hydrogen-bond donors (Lipinski definition) is 2. The lowest BCUT2D eigenvalue weighted by molar-refractivity contribution is -0.142. The van der Waals surface area contributed by atoms with E-state index in [0.717, 1.165) is 42.4 Å². The lowest BCUT2D eigenvalue weighted by Gasteiger charge is -2.35. The molecular formula is C29H49N3O4S. The van der Waals surface area contributed by atoms with Gasteiger partial charge >= 0.3 is 6.09 Å². The number of thioether (sulfide) groups is 1. The molecule has 0 aromatic heterocycles. The highest BCUT2D eigenvalue weighted by Crippen LogP contribution is 2.28. The Morgan fingerprint density at radius 1 is 1.05 bits per heavy atom. The molecule has 0 saturated heterocycles.